The first kappa shape index (κ1) is 14.0. The predicted octanol–water partition coefficient (Wildman–Crippen LogP) is 0.642. The summed E-state index contributed by atoms with van der Waals surface area (Å²) in [5, 5.41) is 8.40. The Kier molecular flexibility index (Phi) is 3.81. The van der Waals surface area contributed by atoms with Crippen molar-refractivity contribution in [1.82, 2.24) is 4.90 Å². The average Bonchev–Trinajstić information content (AvgIpc) is 2.54. The molecule has 1 saturated heterocycles. The normalized spacial score (nSPS) is 29.2. The Balaban J connectivity index is 3.15. The number of carboxylic acid groups (broad SMARTS) is 1. The minimum atomic E-state index is -1.39. The third kappa shape index (κ3) is 2.59. The van der Waals surface area contributed by atoms with Crippen molar-refractivity contribution in [3.05, 3.63) is 0 Å². The summed E-state index contributed by atoms with van der Waals surface area (Å²) < 4.78 is 16.5. The van der Waals surface area contributed by atoms with Crippen molar-refractivity contribution in [2.45, 2.75) is 32.2 Å². The van der Waals surface area contributed by atoms with Crippen LogP contribution in [0.1, 0.15) is 20.8 Å². The zero-order chi connectivity index (χ0) is 13.4. The van der Waals surface area contributed by atoms with Crippen LogP contribution in [0.3, 0.4) is 0 Å². The fourth-order valence-electron chi connectivity index (χ4n) is 1.95. The highest BCUT2D eigenvalue weighted by Gasteiger charge is 2.51. The molecule has 1 amide bonds. The van der Waals surface area contributed by atoms with E-state index in [-0.39, 0.29) is 5.75 Å². The molecular weight excluding hydrogens is 246 g/mol. The molecule has 7 heteroatoms. The summed E-state index contributed by atoms with van der Waals surface area (Å²) in [5.41, 5.74) is -0.469. The molecule has 1 aliphatic rings. The van der Waals surface area contributed by atoms with Crippen molar-refractivity contribution >= 4 is 22.9 Å². The van der Waals surface area contributed by atoms with Crippen LogP contribution >= 0.6 is 0 Å². The van der Waals surface area contributed by atoms with Gasteiger partial charge in [0.2, 0.25) is 0 Å². The summed E-state index contributed by atoms with van der Waals surface area (Å²) >= 11 is 0. The van der Waals surface area contributed by atoms with E-state index < -0.39 is 39.7 Å². The lowest BCUT2D eigenvalue weighted by molar-refractivity contribution is -0.142. The zero-order valence-corrected chi connectivity index (χ0v) is 11.1. The number of carboxylic acids is 1. The monoisotopic (exact) mass is 263 g/mol. The van der Waals surface area contributed by atoms with E-state index in [1.165, 1.54) is 7.11 Å². The second kappa shape index (κ2) is 4.64. The summed E-state index contributed by atoms with van der Waals surface area (Å²) in [6.45, 7) is 5.45. The Bertz CT molecular complexity index is 362. The topological polar surface area (TPSA) is 83.9 Å². The molecule has 0 saturated carbocycles. The van der Waals surface area contributed by atoms with Crippen molar-refractivity contribution in [2.75, 3.05) is 12.9 Å². The van der Waals surface area contributed by atoms with Gasteiger partial charge < -0.3 is 9.84 Å². The maximum absolute atomic E-state index is 12.0. The summed E-state index contributed by atoms with van der Waals surface area (Å²) in [4.78, 5) is 23.8. The molecule has 0 aliphatic carbocycles. The molecule has 3 atom stereocenters. The quantitative estimate of drug-likeness (QED) is 0.750. The minimum absolute atomic E-state index is 0.0492. The molecule has 0 aromatic heterocycles. The molecule has 98 valence electrons. The van der Waals surface area contributed by atoms with Crippen LogP contribution < -0.4 is 0 Å². The smallest absolute Gasteiger partial charge is 0.411 e. The lowest BCUT2D eigenvalue weighted by Gasteiger charge is -2.34. The lowest BCUT2D eigenvalue weighted by Crippen LogP contribution is -2.50. The summed E-state index contributed by atoms with van der Waals surface area (Å²) in [6, 6.07) is -1.08. The van der Waals surface area contributed by atoms with Gasteiger partial charge in [0, 0.05) is 10.8 Å². The molecule has 1 rings (SSSR count). The first-order valence-corrected chi connectivity index (χ1v) is 6.54. The van der Waals surface area contributed by atoms with Gasteiger partial charge in [0.1, 0.15) is 11.4 Å². The van der Waals surface area contributed by atoms with Gasteiger partial charge in [-0.3, -0.25) is 9.11 Å². The molecule has 0 bridgehead atoms. The van der Waals surface area contributed by atoms with Crippen molar-refractivity contribution in [3.8, 4) is 0 Å². The van der Waals surface area contributed by atoms with Crippen LogP contribution in [0.5, 0.6) is 0 Å². The number of amides is 1. The van der Waals surface area contributed by atoms with Gasteiger partial charge >= 0.3 is 12.1 Å². The fourth-order valence-corrected chi connectivity index (χ4v) is 4.02. The number of rotatable bonds is 1. The molecule has 3 unspecified atom stereocenters. The lowest BCUT2D eigenvalue weighted by atomic mass is 9.95. The molecule has 1 aliphatic heterocycles. The van der Waals surface area contributed by atoms with Gasteiger partial charge in [-0.1, -0.05) is 20.8 Å². The molecule has 1 heterocycles. The van der Waals surface area contributed by atoms with E-state index in [9.17, 15) is 13.8 Å². The van der Waals surface area contributed by atoms with Crippen LogP contribution in [0, 0.1) is 5.41 Å². The Labute approximate surface area is 102 Å². The summed E-state index contributed by atoms with van der Waals surface area (Å²) in [5.74, 6) is -1.21. The highest BCUT2D eigenvalue weighted by atomic mass is 32.2. The van der Waals surface area contributed by atoms with Crippen molar-refractivity contribution in [1.29, 1.82) is 0 Å². The van der Waals surface area contributed by atoms with E-state index in [2.05, 4.69) is 4.74 Å². The third-order valence-electron chi connectivity index (χ3n) is 2.57. The van der Waals surface area contributed by atoms with Crippen molar-refractivity contribution in [3.63, 3.8) is 0 Å². The van der Waals surface area contributed by atoms with Crippen LogP contribution in [0.15, 0.2) is 0 Å². The van der Waals surface area contributed by atoms with Crippen LogP contribution in [0.25, 0.3) is 0 Å². The van der Waals surface area contributed by atoms with Gasteiger partial charge in [0.05, 0.1) is 12.9 Å². The number of carbonyl (C=O) groups is 2. The predicted molar refractivity (Wildman–Crippen MR) is 61.9 cm³/mol. The Morgan fingerprint density at radius 2 is 1.94 bits per heavy atom. The van der Waals surface area contributed by atoms with Gasteiger partial charge in [0.15, 0.2) is 0 Å². The largest absolute Gasteiger partial charge is 0.480 e. The molecule has 0 aromatic rings. The molecule has 1 N–H and O–H groups in total. The molecule has 0 spiro atoms. The van der Waals surface area contributed by atoms with Gasteiger partial charge in [0.25, 0.3) is 0 Å². The molecule has 6 nitrogen and oxygen atoms in total. The summed E-state index contributed by atoms with van der Waals surface area (Å²) in [7, 11) is -0.206. The SMILES string of the molecule is COC(=O)N1C(C(=O)O)CS(=O)C1C(C)(C)C. The van der Waals surface area contributed by atoms with E-state index in [4.69, 9.17) is 5.11 Å². The van der Waals surface area contributed by atoms with Gasteiger partial charge in [-0.2, -0.15) is 0 Å². The summed E-state index contributed by atoms with van der Waals surface area (Å²) in [6.07, 6.45) is -0.747. The second-order valence-electron chi connectivity index (χ2n) is 5.00. The van der Waals surface area contributed by atoms with E-state index >= 15 is 0 Å². The van der Waals surface area contributed by atoms with Gasteiger partial charge in [-0.15, -0.1) is 0 Å². The highest BCUT2D eigenvalue weighted by molar-refractivity contribution is 7.86. The molecule has 0 radical (unpaired) electrons. The van der Waals surface area contributed by atoms with Gasteiger partial charge in [-0.25, -0.2) is 9.59 Å². The minimum Gasteiger partial charge on any atom is -0.480 e. The fraction of sp³-hybridized carbons (Fsp3) is 0.800. The van der Waals surface area contributed by atoms with Crippen molar-refractivity contribution < 1.29 is 23.6 Å². The number of methoxy groups -OCH3 is 1. The van der Waals surface area contributed by atoms with Crippen LogP contribution in [0.2, 0.25) is 0 Å². The molecule has 17 heavy (non-hydrogen) atoms. The Morgan fingerprint density at radius 3 is 2.29 bits per heavy atom. The van der Waals surface area contributed by atoms with Gasteiger partial charge in [-0.05, 0) is 5.41 Å². The maximum atomic E-state index is 12.0. The molecule has 1 fully saturated rings. The molecule has 0 aromatic carbocycles. The van der Waals surface area contributed by atoms with Crippen LogP contribution in [0.4, 0.5) is 4.79 Å². The number of aliphatic carboxylic acids is 1. The Hall–Kier alpha value is -1.11. The number of hydrogen-bond donors (Lipinski definition) is 1. The van der Waals surface area contributed by atoms with Crippen LogP contribution in [-0.4, -0.2) is 50.6 Å². The number of ether oxygens (including phenoxy) is 1. The number of hydrogen-bond acceptors (Lipinski definition) is 4. The average molecular weight is 263 g/mol. The maximum Gasteiger partial charge on any atom is 0.411 e. The van der Waals surface area contributed by atoms with Crippen molar-refractivity contribution in [2.24, 2.45) is 5.41 Å². The van der Waals surface area contributed by atoms with E-state index in [0.717, 1.165) is 4.90 Å². The zero-order valence-electron chi connectivity index (χ0n) is 10.3. The second-order valence-corrected chi connectivity index (χ2v) is 6.54. The van der Waals surface area contributed by atoms with Crippen LogP contribution in [-0.2, 0) is 20.3 Å². The number of carbonyl (C=O) groups excluding carboxylic acids is 1. The van der Waals surface area contributed by atoms with E-state index in [1.807, 2.05) is 20.8 Å². The number of nitrogens with zero attached hydrogens (tertiary/aromatic N) is 1. The first-order valence-electron chi connectivity index (χ1n) is 5.16. The Morgan fingerprint density at radius 1 is 1.41 bits per heavy atom. The third-order valence-corrected chi connectivity index (χ3v) is 4.65. The van der Waals surface area contributed by atoms with E-state index in [0.29, 0.717) is 0 Å². The molecular formula is C10H17NO5S. The standard InChI is InChI=1S/C10H17NO5S/c1-10(2,3)8-11(9(14)16-4)6(7(12)13)5-17(8)15/h6,8H,5H2,1-4H3,(H,12,13). The highest BCUT2D eigenvalue weighted by Crippen LogP contribution is 2.34. The first-order chi connectivity index (χ1) is 7.70. The van der Waals surface area contributed by atoms with E-state index in [1.54, 1.807) is 0 Å².